The number of aromatic nitrogens is 10. The SMILES string of the molecule is CN(C)c1nnc(OCc2cccc(CNCCc3ccccc3)n2)c2ccccc12.Clc1cccc(-c2nnc(OCc3cccc(CNCCc4ccccc4)n3)c3ccccc23)c1Cl.c1ccc(CCNCc2cccc(COc3nnc(-c4ccccn4)c4ccccc34)n2)cc1. The molecule has 0 fully saturated rings. The zero-order valence-corrected chi connectivity index (χ0v) is 57.7. The summed E-state index contributed by atoms with van der Waals surface area (Å²) >= 11 is 12.7. The zero-order valence-electron chi connectivity index (χ0n) is 56.2. The van der Waals surface area contributed by atoms with Crippen LogP contribution < -0.4 is 35.1 Å². The van der Waals surface area contributed by atoms with E-state index in [-0.39, 0.29) is 6.61 Å². The molecular weight excluding hydrogens is 1300 g/mol. The number of benzene rings is 7. The summed E-state index contributed by atoms with van der Waals surface area (Å²) in [6, 6.07) is 84.4. The van der Waals surface area contributed by atoms with Gasteiger partial charge in [0.2, 0.25) is 17.6 Å². The van der Waals surface area contributed by atoms with Gasteiger partial charge in [0.25, 0.3) is 0 Å². The van der Waals surface area contributed by atoms with Crippen molar-refractivity contribution in [3.63, 3.8) is 0 Å². The Bertz CT molecular complexity index is 4950. The number of hydrogen-bond donors (Lipinski definition) is 3. The minimum Gasteiger partial charge on any atom is -0.470 e. The van der Waals surface area contributed by atoms with Gasteiger partial charge in [-0.05, 0) is 128 Å². The fourth-order valence-electron chi connectivity index (χ4n) is 11.3. The first-order chi connectivity index (χ1) is 49.8. The number of halogens is 2. The lowest BCUT2D eigenvalue weighted by molar-refractivity contribution is 0.289. The number of ether oxygens (including phenoxy) is 3. The lowest BCUT2D eigenvalue weighted by Crippen LogP contribution is -2.18. The largest absolute Gasteiger partial charge is 0.470 e. The molecule has 0 saturated heterocycles. The fraction of sp³-hybridized carbons (Fsp3) is 0.171. The van der Waals surface area contributed by atoms with Crippen molar-refractivity contribution in [1.82, 2.24) is 66.5 Å². The van der Waals surface area contributed by atoms with Crippen LogP contribution in [0.15, 0.2) is 261 Å². The maximum absolute atomic E-state index is 6.46. The second-order valence-electron chi connectivity index (χ2n) is 23.8. The maximum Gasteiger partial charge on any atom is 0.241 e. The van der Waals surface area contributed by atoms with Crippen molar-refractivity contribution < 1.29 is 14.2 Å². The van der Waals surface area contributed by atoms with Crippen molar-refractivity contribution in [2.24, 2.45) is 0 Å². The molecule has 0 amide bonds. The highest BCUT2D eigenvalue weighted by Gasteiger charge is 2.18. The molecule has 0 bridgehead atoms. The van der Waals surface area contributed by atoms with Crippen molar-refractivity contribution in [2.45, 2.75) is 58.7 Å². The average molecular weight is 1380 g/mol. The number of anilines is 1. The van der Waals surface area contributed by atoms with Crippen molar-refractivity contribution >= 4 is 61.3 Å². The summed E-state index contributed by atoms with van der Waals surface area (Å²) in [6.45, 7) is 5.77. The molecule has 0 atom stereocenters. The predicted octanol–water partition coefficient (Wildman–Crippen LogP) is 15.9. The lowest BCUT2D eigenvalue weighted by atomic mass is 10.0. The molecule has 19 heteroatoms. The number of pyridine rings is 4. The third-order valence-corrected chi connectivity index (χ3v) is 17.2. The van der Waals surface area contributed by atoms with E-state index in [1.54, 1.807) is 12.3 Å². The first-order valence-electron chi connectivity index (χ1n) is 33.5. The Hall–Kier alpha value is -11.2. The second kappa shape index (κ2) is 36.1. The summed E-state index contributed by atoms with van der Waals surface area (Å²) < 4.78 is 18.1. The standard InChI is InChI=1S/C29H24Cl2N4O.C28H25N5O.C25H27N5O/c30-26-15-7-14-25(27(26)31)28-23-12-4-5-13-24(23)29(35-34-28)36-19-22-11-6-10-21(33-22)18-32-17-16-20-8-2-1-3-9-20;1-2-9-21(10-3-1)16-18-29-19-22-11-8-12-23(31-22)20-34-28-25-14-5-4-13-24(25)27(32-33-28)26-15-6-7-17-30-26;1-30(2)24-22-13-6-7-14-23(22)25(29-28-24)31-18-21-12-8-11-20(27-21)17-26-16-15-19-9-4-3-5-10-19/h1-15,32H,16-19H2;1-15,17,29H,16,18-20H2;3-14,26H,15-18H2,1-2H3. The smallest absolute Gasteiger partial charge is 0.241 e. The Labute approximate surface area is 598 Å². The van der Waals surface area contributed by atoms with E-state index in [9.17, 15) is 0 Å². The molecule has 14 aromatic rings. The Kier molecular flexibility index (Phi) is 24.9. The van der Waals surface area contributed by atoms with Gasteiger partial charge in [0.1, 0.15) is 31.2 Å². The van der Waals surface area contributed by atoms with E-state index in [0.717, 1.165) is 135 Å². The van der Waals surface area contributed by atoms with Crippen LogP contribution in [0.1, 0.15) is 50.9 Å². The monoisotopic (exact) mass is 1370 g/mol. The number of fused-ring (bicyclic) bond motifs is 3. The topological polar surface area (TPSA) is 196 Å². The van der Waals surface area contributed by atoms with Crippen LogP contribution in [0.25, 0.3) is 55.0 Å². The van der Waals surface area contributed by atoms with Gasteiger partial charge in [-0.15, -0.1) is 30.6 Å². The minimum atomic E-state index is 0.286. The van der Waals surface area contributed by atoms with Crippen LogP contribution in [0, 0.1) is 0 Å². The van der Waals surface area contributed by atoms with Gasteiger partial charge >= 0.3 is 0 Å². The molecule has 0 aliphatic rings. The zero-order chi connectivity index (χ0) is 69.2. The molecule has 17 nitrogen and oxygen atoms in total. The van der Waals surface area contributed by atoms with Gasteiger partial charge in [0.15, 0.2) is 5.82 Å². The van der Waals surface area contributed by atoms with E-state index < -0.39 is 0 Å². The molecular formula is C82H76Cl2N14O3. The van der Waals surface area contributed by atoms with Gasteiger partial charge in [0.05, 0.1) is 49.9 Å². The number of nitrogens with one attached hydrogen (secondary N) is 3. The summed E-state index contributed by atoms with van der Waals surface area (Å²) in [4.78, 5) is 20.6. The second-order valence-corrected chi connectivity index (χ2v) is 24.6. The highest BCUT2D eigenvalue weighted by molar-refractivity contribution is 6.43. The van der Waals surface area contributed by atoms with Crippen LogP contribution in [-0.4, -0.2) is 84.3 Å². The molecule has 3 N–H and O–H groups in total. The highest BCUT2D eigenvalue weighted by Crippen LogP contribution is 2.38. The lowest BCUT2D eigenvalue weighted by Gasteiger charge is -2.15. The predicted molar refractivity (Wildman–Crippen MR) is 403 cm³/mol. The molecule has 7 heterocycles. The molecule has 0 aliphatic carbocycles. The first-order valence-corrected chi connectivity index (χ1v) is 34.3. The summed E-state index contributed by atoms with van der Waals surface area (Å²) in [5.74, 6) is 2.28. The van der Waals surface area contributed by atoms with E-state index >= 15 is 0 Å². The van der Waals surface area contributed by atoms with Crippen molar-refractivity contribution in [1.29, 1.82) is 0 Å². The van der Waals surface area contributed by atoms with E-state index in [2.05, 4.69) is 124 Å². The number of rotatable bonds is 27. The van der Waals surface area contributed by atoms with Gasteiger partial charge in [-0.25, -0.2) is 0 Å². The molecule has 0 aliphatic heterocycles. The molecule has 506 valence electrons. The van der Waals surface area contributed by atoms with E-state index in [1.165, 1.54) is 16.7 Å². The molecule has 7 aromatic carbocycles. The van der Waals surface area contributed by atoms with E-state index in [1.807, 2.05) is 195 Å². The molecule has 101 heavy (non-hydrogen) atoms. The van der Waals surface area contributed by atoms with Crippen molar-refractivity contribution in [3.05, 3.63) is 322 Å². The van der Waals surface area contributed by atoms with Crippen molar-refractivity contribution in [3.8, 4) is 40.3 Å². The van der Waals surface area contributed by atoms with Gasteiger partial charge in [-0.1, -0.05) is 205 Å². The van der Waals surface area contributed by atoms with Crippen LogP contribution in [0.2, 0.25) is 10.0 Å². The summed E-state index contributed by atoms with van der Waals surface area (Å²) in [5.41, 5.74) is 12.4. The molecule has 14 rings (SSSR count). The van der Waals surface area contributed by atoms with Gasteiger partial charge < -0.3 is 35.1 Å². The third kappa shape index (κ3) is 19.6. The van der Waals surface area contributed by atoms with Gasteiger partial charge in [-0.2, -0.15) is 0 Å². The van der Waals surface area contributed by atoms with Crippen LogP contribution in [-0.2, 0) is 58.7 Å². The Morgan fingerprint density at radius 2 is 0.703 bits per heavy atom. The Morgan fingerprint density at radius 3 is 1.14 bits per heavy atom. The summed E-state index contributed by atoms with van der Waals surface area (Å²) in [5, 5.41) is 43.1. The number of nitrogens with zero attached hydrogens (tertiary/aromatic N) is 11. The van der Waals surface area contributed by atoms with E-state index in [4.69, 9.17) is 52.4 Å². The van der Waals surface area contributed by atoms with Crippen LogP contribution in [0.5, 0.6) is 17.6 Å². The third-order valence-electron chi connectivity index (χ3n) is 16.4. The van der Waals surface area contributed by atoms with Gasteiger partial charge in [-0.3, -0.25) is 19.9 Å². The van der Waals surface area contributed by atoms with Gasteiger partial charge in [0, 0.05) is 77.8 Å². The first kappa shape index (κ1) is 69.7. The highest BCUT2D eigenvalue weighted by atomic mass is 35.5. The molecule has 7 aromatic heterocycles. The van der Waals surface area contributed by atoms with Crippen molar-refractivity contribution in [2.75, 3.05) is 38.6 Å². The number of hydrogen-bond acceptors (Lipinski definition) is 17. The Morgan fingerprint density at radius 1 is 0.337 bits per heavy atom. The van der Waals surface area contributed by atoms with E-state index in [0.29, 0.717) is 59.7 Å². The Balaban J connectivity index is 0.000000144. The fourth-order valence-corrected chi connectivity index (χ4v) is 11.7. The molecule has 0 unspecified atom stereocenters. The summed E-state index contributed by atoms with van der Waals surface area (Å²) in [7, 11) is 3.92. The molecule has 0 radical (unpaired) electrons. The normalized spacial score (nSPS) is 11.0. The van der Waals surface area contributed by atoms with Crippen LogP contribution >= 0.6 is 23.2 Å². The van der Waals surface area contributed by atoms with Crippen LogP contribution in [0.3, 0.4) is 0 Å². The molecule has 0 saturated carbocycles. The quantitative estimate of drug-likeness (QED) is 0.0411. The average Bonchev–Trinajstić information content (AvgIpc) is 0.803. The maximum atomic E-state index is 6.46. The van der Waals surface area contributed by atoms with Crippen LogP contribution in [0.4, 0.5) is 5.82 Å². The minimum absolute atomic E-state index is 0.286. The molecule has 0 spiro atoms. The summed E-state index contributed by atoms with van der Waals surface area (Å²) in [6.07, 6.45) is 4.72.